The first-order chi connectivity index (χ1) is 8.24. The molecule has 6 heteroatoms. The van der Waals surface area contributed by atoms with Gasteiger partial charge in [-0.15, -0.1) is 11.3 Å². The van der Waals surface area contributed by atoms with Gasteiger partial charge in [0.15, 0.2) is 0 Å². The summed E-state index contributed by atoms with van der Waals surface area (Å²) in [5.41, 5.74) is 2.02. The smallest absolute Gasteiger partial charge is 0.328 e. The fraction of sp³-hybridized carbons (Fsp3) is 0.545. The molecule has 2 rings (SSSR count). The number of esters is 1. The van der Waals surface area contributed by atoms with E-state index in [9.17, 15) is 9.59 Å². The van der Waals surface area contributed by atoms with E-state index < -0.39 is 6.04 Å². The molecule has 1 aliphatic heterocycles. The zero-order valence-electron chi connectivity index (χ0n) is 9.59. The Labute approximate surface area is 103 Å². The van der Waals surface area contributed by atoms with Gasteiger partial charge in [0.05, 0.1) is 12.6 Å². The van der Waals surface area contributed by atoms with E-state index in [1.807, 2.05) is 0 Å². The average Bonchev–Trinajstić information content (AvgIpc) is 2.91. The van der Waals surface area contributed by atoms with Crippen molar-refractivity contribution in [3.05, 3.63) is 16.6 Å². The highest BCUT2D eigenvalue weighted by molar-refractivity contribution is 7.07. The van der Waals surface area contributed by atoms with Crippen LogP contribution in [0, 0.1) is 0 Å². The highest BCUT2D eigenvalue weighted by Gasteiger charge is 2.33. The third kappa shape index (κ3) is 2.46. The van der Waals surface area contributed by atoms with Crippen LogP contribution in [0.2, 0.25) is 0 Å². The van der Waals surface area contributed by atoms with Crippen molar-refractivity contribution in [1.29, 1.82) is 0 Å². The molecular weight excluding hydrogens is 240 g/mol. The van der Waals surface area contributed by atoms with Gasteiger partial charge >= 0.3 is 5.97 Å². The van der Waals surface area contributed by atoms with Crippen LogP contribution in [0.25, 0.3) is 0 Å². The van der Waals surface area contributed by atoms with Gasteiger partial charge in [0, 0.05) is 11.9 Å². The first kappa shape index (κ1) is 12.0. The number of hydrogen-bond acceptors (Lipinski definition) is 5. The lowest BCUT2D eigenvalue weighted by Crippen LogP contribution is -2.48. The molecular formula is C11H14N2O3S. The molecule has 0 aliphatic carbocycles. The topological polar surface area (TPSA) is 59.5 Å². The van der Waals surface area contributed by atoms with Crippen LogP contribution in [0.1, 0.15) is 29.8 Å². The Morgan fingerprint density at radius 2 is 2.35 bits per heavy atom. The van der Waals surface area contributed by atoms with Crippen molar-refractivity contribution >= 4 is 23.2 Å². The minimum atomic E-state index is -0.456. The number of likely N-dealkylation sites (tertiary alicyclic amines) is 1. The number of nitrogens with zero attached hydrogens (tertiary/aromatic N) is 2. The van der Waals surface area contributed by atoms with Gasteiger partial charge < -0.3 is 9.64 Å². The molecule has 17 heavy (non-hydrogen) atoms. The summed E-state index contributed by atoms with van der Waals surface area (Å²) >= 11 is 1.37. The van der Waals surface area contributed by atoms with Gasteiger partial charge in [-0.05, 0) is 19.3 Å². The molecule has 5 nitrogen and oxygen atoms in total. The van der Waals surface area contributed by atoms with Crippen molar-refractivity contribution in [1.82, 2.24) is 9.88 Å². The molecule has 1 saturated heterocycles. The first-order valence-electron chi connectivity index (χ1n) is 5.51. The van der Waals surface area contributed by atoms with Crippen molar-refractivity contribution in [3.63, 3.8) is 0 Å². The van der Waals surface area contributed by atoms with Gasteiger partial charge in [-0.1, -0.05) is 0 Å². The summed E-state index contributed by atoms with van der Waals surface area (Å²) in [6.07, 6.45) is 2.53. The number of amides is 1. The normalized spacial score (nSPS) is 20.1. The second-order valence-corrected chi connectivity index (χ2v) is 4.63. The molecule has 1 aromatic rings. The number of thiazole rings is 1. The summed E-state index contributed by atoms with van der Waals surface area (Å²) in [6.45, 7) is 0.593. The first-order valence-corrected chi connectivity index (χ1v) is 6.45. The monoisotopic (exact) mass is 254 g/mol. The van der Waals surface area contributed by atoms with Crippen LogP contribution in [0.15, 0.2) is 10.9 Å². The van der Waals surface area contributed by atoms with Gasteiger partial charge in [-0.25, -0.2) is 9.78 Å². The summed E-state index contributed by atoms with van der Waals surface area (Å²) in [6, 6.07) is -0.456. The third-order valence-electron chi connectivity index (χ3n) is 2.89. The number of ether oxygens (including phenoxy) is 1. The molecule has 1 aromatic heterocycles. The molecule has 0 N–H and O–H groups in total. The van der Waals surface area contributed by atoms with Gasteiger partial charge in [-0.2, -0.15) is 0 Å². The molecule has 1 unspecified atom stereocenters. The van der Waals surface area contributed by atoms with Crippen molar-refractivity contribution in [2.45, 2.75) is 25.3 Å². The standard InChI is InChI=1S/C11H14N2O3S/c1-16-11(15)9-4-2-3-5-13(9)10(14)8-6-17-7-12-8/h6-7,9H,2-5H2,1H3. The second kappa shape index (κ2) is 5.27. The van der Waals surface area contributed by atoms with E-state index in [0.717, 1.165) is 12.8 Å². The second-order valence-electron chi connectivity index (χ2n) is 3.91. The highest BCUT2D eigenvalue weighted by atomic mass is 32.1. The zero-order chi connectivity index (χ0) is 12.3. The van der Waals surface area contributed by atoms with Crippen molar-refractivity contribution in [2.24, 2.45) is 0 Å². The molecule has 0 radical (unpaired) electrons. The van der Waals surface area contributed by atoms with Crippen molar-refractivity contribution < 1.29 is 14.3 Å². The van der Waals surface area contributed by atoms with E-state index in [2.05, 4.69) is 4.98 Å². The number of aromatic nitrogens is 1. The van der Waals surface area contributed by atoms with Gasteiger partial charge in [0.25, 0.3) is 5.91 Å². The van der Waals surface area contributed by atoms with Gasteiger partial charge in [-0.3, -0.25) is 4.79 Å². The summed E-state index contributed by atoms with van der Waals surface area (Å²) in [5.74, 6) is -0.519. The molecule has 0 spiro atoms. The Hall–Kier alpha value is -1.43. The molecule has 92 valence electrons. The number of piperidine rings is 1. The minimum Gasteiger partial charge on any atom is -0.467 e. The Balaban J connectivity index is 2.16. The van der Waals surface area contributed by atoms with Crippen LogP contribution in [0.5, 0.6) is 0 Å². The predicted octanol–water partition coefficient (Wildman–Crippen LogP) is 1.31. The number of methoxy groups -OCH3 is 1. The molecule has 0 aromatic carbocycles. The van der Waals surface area contributed by atoms with E-state index in [-0.39, 0.29) is 11.9 Å². The highest BCUT2D eigenvalue weighted by Crippen LogP contribution is 2.20. The van der Waals surface area contributed by atoms with Crippen LogP contribution < -0.4 is 0 Å². The van der Waals surface area contributed by atoms with Gasteiger partial charge in [0.2, 0.25) is 0 Å². The van der Waals surface area contributed by atoms with E-state index >= 15 is 0 Å². The molecule has 0 bridgehead atoms. The van der Waals surface area contributed by atoms with Crippen LogP contribution in [0.3, 0.4) is 0 Å². The lowest BCUT2D eigenvalue weighted by molar-refractivity contribution is -0.147. The zero-order valence-corrected chi connectivity index (χ0v) is 10.4. The largest absolute Gasteiger partial charge is 0.467 e. The van der Waals surface area contributed by atoms with E-state index in [1.54, 1.807) is 15.8 Å². The van der Waals surface area contributed by atoms with Crippen LogP contribution >= 0.6 is 11.3 Å². The SMILES string of the molecule is COC(=O)C1CCCCN1C(=O)c1cscn1. The maximum absolute atomic E-state index is 12.2. The number of rotatable bonds is 2. The lowest BCUT2D eigenvalue weighted by Gasteiger charge is -2.33. The minimum absolute atomic E-state index is 0.179. The predicted molar refractivity (Wildman–Crippen MR) is 62.8 cm³/mol. The molecule has 1 atom stereocenters. The van der Waals surface area contributed by atoms with Crippen LogP contribution in [-0.2, 0) is 9.53 Å². The maximum Gasteiger partial charge on any atom is 0.328 e. The van der Waals surface area contributed by atoms with E-state index in [4.69, 9.17) is 4.74 Å². The lowest BCUT2D eigenvalue weighted by atomic mass is 10.0. The summed E-state index contributed by atoms with van der Waals surface area (Å²) in [4.78, 5) is 29.3. The molecule has 1 aliphatic rings. The van der Waals surface area contributed by atoms with Crippen LogP contribution in [-0.4, -0.2) is 41.5 Å². The number of hydrogen-bond donors (Lipinski definition) is 0. The summed E-state index contributed by atoms with van der Waals surface area (Å²) in [5, 5.41) is 1.70. The fourth-order valence-electron chi connectivity index (χ4n) is 2.02. The van der Waals surface area contributed by atoms with Crippen molar-refractivity contribution in [2.75, 3.05) is 13.7 Å². The summed E-state index contributed by atoms with van der Waals surface area (Å²) < 4.78 is 4.74. The van der Waals surface area contributed by atoms with E-state index in [1.165, 1.54) is 18.4 Å². The van der Waals surface area contributed by atoms with Gasteiger partial charge in [0.1, 0.15) is 11.7 Å². The van der Waals surface area contributed by atoms with Crippen LogP contribution in [0.4, 0.5) is 0 Å². The number of carbonyl (C=O) groups is 2. The molecule has 0 saturated carbocycles. The Morgan fingerprint density at radius 1 is 1.53 bits per heavy atom. The Kier molecular flexibility index (Phi) is 3.73. The Bertz CT molecular complexity index is 405. The molecule has 1 amide bonds. The Morgan fingerprint density at radius 3 is 3.00 bits per heavy atom. The quantitative estimate of drug-likeness (QED) is 0.747. The average molecular weight is 254 g/mol. The van der Waals surface area contributed by atoms with E-state index in [0.29, 0.717) is 18.7 Å². The fourth-order valence-corrected chi connectivity index (χ4v) is 2.55. The number of carbonyl (C=O) groups excluding carboxylic acids is 2. The van der Waals surface area contributed by atoms with Crippen molar-refractivity contribution in [3.8, 4) is 0 Å². The molecule has 1 fully saturated rings. The molecule has 2 heterocycles. The summed E-state index contributed by atoms with van der Waals surface area (Å²) in [7, 11) is 1.35. The third-order valence-corrected chi connectivity index (χ3v) is 3.47. The maximum atomic E-state index is 12.2.